The van der Waals surface area contributed by atoms with Crippen molar-refractivity contribution in [3.8, 4) is 56.4 Å². The SMILES string of the molecule is CC1(C)c2ccccc2-c2c(-c3cccc(-c4nc(-c5ccc([Si](C)(C)C)cc5)nc(-c5ccc([Si](C)(C)C)cc5)n4)c3)cccc21. The molecule has 234 valence electrons. The predicted octanol–water partition coefficient (Wildman–Crippen LogP) is 9.94. The van der Waals surface area contributed by atoms with Crippen LogP contribution in [0, 0.1) is 0 Å². The molecule has 1 aliphatic carbocycles. The minimum absolute atomic E-state index is 0.0480. The van der Waals surface area contributed by atoms with Gasteiger partial charge < -0.3 is 0 Å². The van der Waals surface area contributed by atoms with E-state index in [0.717, 1.165) is 22.3 Å². The molecule has 1 aliphatic rings. The van der Waals surface area contributed by atoms with Crippen molar-refractivity contribution in [3.05, 3.63) is 126 Å². The van der Waals surface area contributed by atoms with Crippen molar-refractivity contribution in [3.63, 3.8) is 0 Å². The van der Waals surface area contributed by atoms with Gasteiger partial charge in [-0.15, -0.1) is 0 Å². The van der Waals surface area contributed by atoms with Gasteiger partial charge in [-0.1, -0.05) is 173 Å². The molecule has 0 spiro atoms. The highest BCUT2D eigenvalue weighted by Gasteiger charge is 2.36. The summed E-state index contributed by atoms with van der Waals surface area (Å²) in [6.45, 7) is 18.9. The molecule has 0 fully saturated rings. The summed E-state index contributed by atoms with van der Waals surface area (Å²) in [6.07, 6.45) is 0. The van der Waals surface area contributed by atoms with E-state index >= 15 is 0 Å². The summed E-state index contributed by atoms with van der Waals surface area (Å²) < 4.78 is 0. The largest absolute Gasteiger partial charge is 0.208 e. The Balaban J connectivity index is 1.37. The fourth-order valence-electron chi connectivity index (χ4n) is 6.82. The second kappa shape index (κ2) is 11.4. The molecule has 0 unspecified atom stereocenters. The number of aromatic nitrogens is 3. The van der Waals surface area contributed by atoms with Crippen LogP contribution in [0.4, 0.5) is 0 Å². The number of benzene rings is 5. The summed E-state index contributed by atoms with van der Waals surface area (Å²) in [6, 6.07) is 42.0. The van der Waals surface area contributed by atoms with Crippen molar-refractivity contribution in [2.24, 2.45) is 0 Å². The third kappa shape index (κ3) is 5.72. The highest BCUT2D eigenvalue weighted by Crippen LogP contribution is 2.52. The molecule has 0 radical (unpaired) electrons. The Morgan fingerprint density at radius 3 is 1.43 bits per heavy atom. The highest BCUT2D eigenvalue weighted by molar-refractivity contribution is 6.89. The maximum absolute atomic E-state index is 5.11. The molecule has 3 nitrogen and oxygen atoms in total. The van der Waals surface area contributed by atoms with Crippen molar-refractivity contribution in [2.45, 2.75) is 58.5 Å². The maximum Gasteiger partial charge on any atom is 0.164 e. The van der Waals surface area contributed by atoms with E-state index in [9.17, 15) is 0 Å². The number of hydrogen-bond acceptors (Lipinski definition) is 3. The average Bonchev–Trinajstić information content (AvgIpc) is 3.30. The van der Waals surface area contributed by atoms with Gasteiger partial charge in [0, 0.05) is 22.1 Å². The molecular weight excluding hydrogens is 603 g/mol. The van der Waals surface area contributed by atoms with Gasteiger partial charge in [0.05, 0.1) is 16.1 Å². The van der Waals surface area contributed by atoms with Crippen LogP contribution in [0.15, 0.2) is 115 Å². The second-order valence-corrected chi connectivity index (χ2v) is 25.6. The smallest absolute Gasteiger partial charge is 0.164 e. The zero-order chi connectivity index (χ0) is 33.1. The topological polar surface area (TPSA) is 38.7 Å². The summed E-state index contributed by atoms with van der Waals surface area (Å²) >= 11 is 0. The molecule has 0 saturated heterocycles. The molecule has 1 heterocycles. The van der Waals surface area contributed by atoms with Crippen molar-refractivity contribution >= 4 is 26.5 Å². The Kier molecular flexibility index (Phi) is 7.53. The first-order valence-corrected chi connectivity index (χ1v) is 23.6. The van der Waals surface area contributed by atoms with Gasteiger partial charge in [-0.3, -0.25) is 0 Å². The molecular formula is C42H43N3Si2. The molecule has 7 rings (SSSR count). The zero-order valence-electron chi connectivity index (χ0n) is 28.8. The Bertz CT molecular complexity index is 2040. The molecule has 0 amide bonds. The van der Waals surface area contributed by atoms with Crippen LogP contribution in [0.2, 0.25) is 39.3 Å². The second-order valence-electron chi connectivity index (χ2n) is 15.4. The van der Waals surface area contributed by atoms with Gasteiger partial charge in [0.25, 0.3) is 0 Å². The third-order valence-corrected chi connectivity index (χ3v) is 13.8. The highest BCUT2D eigenvalue weighted by atomic mass is 28.3. The lowest BCUT2D eigenvalue weighted by atomic mass is 9.82. The van der Waals surface area contributed by atoms with Crippen LogP contribution < -0.4 is 10.4 Å². The zero-order valence-corrected chi connectivity index (χ0v) is 30.8. The van der Waals surface area contributed by atoms with Gasteiger partial charge in [0.1, 0.15) is 0 Å². The van der Waals surface area contributed by atoms with Crippen LogP contribution in [0.25, 0.3) is 56.4 Å². The first-order chi connectivity index (χ1) is 22.3. The molecule has 6 aromatic rings. The summed E-state index contributed by atoms with van der Waals surface area (Å²) in [7, 11) is -2.86. The molecule has 47 heavy (non-hydrogen) atoms. The summed E-state index contributed by atoms with van der Waals surface area (Å²) in [4.78, 5) is 15.3. The molecule has 0 saturated carbocycles. The molecule has 0 N–H and O–H groups in total. The minimum Gasteiger partial charge on any atom is -0.208 e. The predicted molar refractivity (Wildman–Crippen MR) is 205 cm³/mol. The van der Waals surface area contributed by atoms with Gasteiger partial charge in [-0.25, -0.2) is 15.0 Å². The number of rotatable bonds is 6. The van der Waals surface area contributed by atoms with E-state index in [1.807, 2.05) is 0 Å². The van der Waals surface area contributed by atoms with E-state index in [0.29, 0.717) is 17.5 Å². The minimum atomic E-state index is -1.43. The summed E-state index contributed by atoms with van der Waals surface area (Å²) in [5.41, 5.74) is 10.7. The van der Waals surface area contributed by atoms with Gasteiger partial charge in [0.2, 0.25) is 0 Å². The van der Waals surface area contributed by atoms with E-state index in [1.165, 1.54) is 38.2 Å². The van der Waals surface area contributed by atoms with E-state index < -0.39 is 16.1 Å². The van der Waals surface area contributed by atoms with Crippen LogP contribution in [-0.4, -0.2) is 31.1 Å². The first-order valence-electron chi connectivity index (χ1n) is 16.6. The van der Waals surface area contributed by atoms with Crippen LogP contribution in [0.3, 0.4) is 0 Å². The van der Waals surface area contributed by atoms with Crippen LogP contribution in [-0.2, 0) is 5.41 Å². The van der Waals surface area contributed by atoms with E-state index in [2.05, 4.69) is 168 Å². The molecule has 0 bridgehead atoms. The van der Waals surface area contributed by atoms with Crippen molar-refractivity contribution in [2.75, 3.05) is 0 Å². The van der Waals surface area contributed by atoms with E-state index in [1.54, 1.807) is 0 Å². The van der Waals surface area contributed by atoms with Gasteiger partial charge >= 0.3 is 0 Å². The molecule has 0 atom stereocenters. The van der Waals surface area contributed by atoms with Crippen LogP contribution >= 0.6 is 0 Å². The number of nitrogens with zero attached hydrogens (tertiary/aromatic N) is 3. The Morgan fingerprint density at radius 2 is 0.872 bits per heavy atom. The lowest BCUT2D eigenvalue weighted by Gasteiger charge is -2.21. The Labute approximate surface area is 281 Å². The monoisotopic (exact) mass is 645 g/mol. The standard InChI is InChI=1S/C42H43N3Si2/c1-42(2)36-17-10-9-15-35(36)38-34(16-12-18-37(38)42)30-13-11-14-31(27-30)41-44-39(28-19-23-32(24-20-28)46(3,4)5)43-40(45-41)29-21-25-33(26-22-29)47(6,7)8/h9-27H,1-8H3. The van der Waals surface area contributed by atoms with Gasteiger partial charge in [-0.2, -0.15) is 0 Å². The fraction of sp³-hybridized carbons (Fsp3) is 0.214. The lowest BCUT2D eigenvalue weighted by molar-refractivity contribution is 0.660. The maximum atomic E-state index is 5.11. The quantitative estimate of drug-likeness (QED) is 0.169. The molecule has 0 aliphatic heterocycles. The normalized spacial score (nSPS) is 13.7. The van der Waals surface area contributed by atoms with Crippen molar-refractivity contribution in [1.29, 1.82) is 0 Å². The van der Waals surface area contributed by atoms with E-state index in [-0.39, 0.29) is 5.41 Å². The van der Waals surface area contributed by atoms with Crippen LogP contribution in [0.5, 0.6) is 0 Å². The summed E-state index contributed by atoms with van der Waals surface area (Å²) in [5, 5.41) is 2.84. The number of fused-ring (bicyclic) bond motifs is 3. The van der Waals surface area contributed by atoms with Gasteiger partial charge in [0.15, 0.2) is 17.5 Å². The van der Waals surface area contributed by atoms with Crippen LogP contribution in [0.1, 0.15) is 25.0 Å². The first kappa shape index (κ1) is 31.2. The Morgan fingerprint density at radius 1 is 0.426 bits per heavy atom. The van der Waals surface area contributed by atoms with Gasteiger partial charge in [-0.05, 0) is 39.4 Å². The summed E-state index contributed by atoms with van der Waals surface area (Å²) in [5.74, 6) is 2.08. The fourth-order valence-corrected chi connectivity index (χ4v) is 9.16. The molecule has 1 aromatic heterocycles. The average molecular weight is 646 g/mol. The number of hydrogen-bond donors (Lipinski definition) is 0. The van der Waals surface area contributed by atoms with Crippen molar-refractivity contribution in [1.82, 2.24) is 15.0 Å². The molecule has 5 heteroatoms. The van der Waals surface area contributed by atoms with E-state index in [4.69, 9.17) is 15.0 Å². The lowest BCUT2D eigenvalue weighted by Crippen LogP contribution is -2.37. The Hall–Kier alpha value is -4.46. The molecule has 5 aromatic carbocycles. The van der Waals surface area contributed by atoms with Crippen molar-refractivity contribution < 1.29 is 0 Å². The third-order valence-electron chi connectivity index (χ3n) is 9.69.